The van der Waals surface area contributed by atoms with Crippen molar-refractivity contribution in [3.05, 3.63) is 65.2 Å². The molecular weight excluding hydrogens is 424 g/mol. The molecule has 2 fully saturated rings. The van der Waals surface area contributed by atoms with Crippen molar-refractivity contribution < 1.29 is 18.3 Å². The van der Waals surface area contributed by atoms with Crippen molar-refractivity contribution in [2.75, 3.05) is 39.6 Å². The van der Waals surface area contributed by atoms with Gasteiger partial charge in [-0.1, -0.05) is 36.1 Å². The predicted octanol–water partition coefficient (Wildman–Crippen LogP) is 2.28. The monoisotopic (exact) mass is 454 g/mol. The average molecular weight is 455 g/mol. The molecule has 2 heterocycles. The van der Waals surface area contributed by atoms with Gasteiger partial charge in [0.2, 0.25) is 10.0 Å². The van der Waals surface area contributed by atoms with Crippen LogP contribution in [0.1, 0.15) is 35.4 Å². The summed E-state index contributed by atoms with van der Waals surface area (Å²) in [6.07, 6.45) is 3.06. The lowest BCUT2D eigenvalue weighted by Crippen LogP contribution is -2.67. The van der Waals surface area contributed by atoms with Gasteiger partial charge in [-0.25, -0.2) is 12.7 Å². The zero-order valence-electron chi connectivity index (χ0n) is 18.6. The molecule has 0 amide bonds. The highest BCUT2D eigenvalue weighted by Gasteiger charge is 2.49. The Kier molecular flexibility index (Phi) is 6.87. The molecule has 2 aliphatic rings. The first-order valence-corrected chi connectivity index (χ1v) is 12.8. The molecule has 4 rings (SSSR count). The van der Waals surface area contributed by atoms with Gasteiger partial charge in [0.1, 0.15) is 5.75 Å². The summed E-state index contributed by atoms with van der Waals surface area (Å²) >= 11 is 0. The molecule has 6 nitrogen and oxygen atoms in total. The van der Waals surface area contributed by atoms with Crippen molar-refractivity contribution in [2.45, 2.75) is 30.8 Å². The SMILES string of the molecule is COc1ccccc1C#Cc1ccc([C@H]2[C@@H](CO)N3CCCCN(S(C)(=O)=O)C[C@H]23)cc1. The standard InChI is InChI=1S/C25H30N2O4S/c1-31-24-8-4-3-7-20(24)12-9-19-10-13-21(14-11-19)25-22-17-26(32(2,29)30)15-5-6-16-27(22)23(25)18-28/h3-4,7-8,10-11,13-14,22-23,25,28H,5-6,15-18H2,1-2H3/t22-,23-,25-/m1/s1. The Hall–Kier alpha value is -2.37. The smallest absolute Gasteiger partial charge is 0.211 e. The topological polar surface area (TPSA) is 70.1 Å². The molecule has 0 unspecified atom stereocenters. The molecule has 2 saturated heterocycles. The highest BCUT2D eigenvalue weighted by molar-refractivity contribution is 7.88. The molecule has 0 bridgehead atoms. The zero-order valence-corrected chi connectivity index (χ0v) is 19.4. The third-order valence-corrected chi connectivity index (χ3v) is 7.82. The lowest BCUT2D eigenvalue weighted by atomic mass is 9.74. The first-order valence-electron chi connectivity index (χ1n) is 11.0. The number of aliphatic hydroxyl groups excluding tert-OH is 1. The van der Waals surface area contributed by atoms with Crippen molar-refractivity contribution in [1.82, 2.24) is 9.21 Å². The van der Waals surface area contributed by atoms with Gasteiger partial charge in [0.15, 0.2) is 0 Å². The number of rotatable bonds is 4. The Morgan fingerprint density at radius 3 is 2.47 bits per heavy atom. The lowest BCUT2D eigenvalue weighted by Gasteiger charge is -2.57. The van der Waals surface area contributed by atoms with Crippen LogP contribution in [-0.2, 0) is 10.0 Å². The molecule has 0 aliphatic carbocycles. The van der Waals surface area contributed by atoms with E-state index in [1.807, 2.05) is 36.4 Å². The summed E-state index contributed by atoms with van der Waals surface area (Å²) in [6.45, 7) is 1.99. The van der Waals surface area contributed by atoms with Crippen LogP contribution in [0.4, 0.5) is 0 Å². The van der Waals surface area contributed by atoms with E-state index in [-0.39, 0.29) is 24.6 Å². The summed E-state index contributed by atoms with van der Waals surface area (Å²) in [5.74, 6) is 7.19. The fourth-order valence-corrected chi connectivity index (χ4v) is 5.77. The molecule has 32 heavy (non-hydrogen) atoms. The first-order chi connectivity index (χ1) is 15.4. The summed E-state index contributed by atoms with van der Waals surface area (Å²) < 4.78 is 31.4. The minimum Gasteiger partial charge on any atom is -0.495 e. The van der Waals surface area contributed by atoms with Crippen LogP contribution in [-0.4, -0.2) is 74.4 Å². The maximum absolute atomic E-state index is 12.2. The van der Waals surface area contributed by atoms with Gasteiger partial charge in [-0.2, -0.15) is 0 Å². The Labute approximate surface area is 190 Å². The van der Waals surface area contributed by atoms with Crippen LogP contribution in [0.5, 0.6) is 5.75 Å². The van der Waals surface area contributed by atoms with Crippen LogP contribution in [0, 0.1) is 11.8 Å². The Balaban J connectivity index is 1.55. The molecular formula is C25H30N2O4S. The molecule has 0 saturated carbocycles. The number of ether oxygens (including phenoxy) is 1. The molecule has 3 atom stereocenters. The van der Waals surface area contributed by atoms with Crippen molar-refractivity contribution in [3.63, 3.8) is 0 Å². The third kappa shape index (κ3) is 4.69. The summed E-state index contributed by atoms with van der Waals surface area (Å²) in [4.78, 5) is 2.28. The highest BCUT2D eigenvalue weighted by Crippen LogP contribution is 2.42. The highest BCUT2D eigenvalue weighted by atomic mass is 32.2. The number of para-hydroxylation sites is 1. The van der Waals surface area contributed by atoms with Crippen LogP contribution >= 0.6 is 0 Å². The van der Waals surface area contributed by atoms with Crippen LogP contribution in [0.3, 0.4) is 0 Å². The molecule has 0 aromatic heterocycles. The average Bonchev–Trinajstić information content (AvgIpc) is 2.76. The molecule has 2 aromatic rings. The Morgan fingerprint density at radius 2 is 1.78 bits per heavy atom. The number of benzene rings is 2. The van der Waals surface area contributed by atoms with Gasteiger partial charge in [-0.15, -0.1) is 0 Å². The van der Waals surface area contributed by atoms with E-state index < -0.39 is 10.0 Å². The number of methoxy groups -OCH3 is 1. The van der Waals surface area contributed by atoms with E-state index in [1.165, 1.54) is 6.26 Å². The first kappa shape index (κ1) is 22.8. The Morgan fingerprint density at radius 1 is 1.06 bits per heavy atom. The molecule has 1 N–H and O–H groups in total. The second kappa shape index (κ2) is 9.63. The van der Waals surface area contributed by atoms with Crippen LogP contribution in [0.2, 0.25) is 0 Å². The number of aliphatic hydroxyl groups is 1. The van der Waals surface area contributed by atoms with Crippen molar-refractivity contribution >= 4 is 10.0 Å². The number of sulfonamides is 1. The fourth-order valence-electron chi connectivity index (χ4n) is 4.89. The van der Waals surface area contributed by atoms with E-state index in [1.54, 1.807) is 11.4 Å². The van der Waals surface area contributed by atoms with E-state index >= 15 is 0 Å². The second-order valence-electron chi connectivity index (χ2n) is 8.48. The van der Waals surface area contributed by atoms with Crippen LogP contribution < -0.4 is 4.74 Å². The normalized spacial score (nSPS) is 24.3. The number of nitrogens with zero attached hydrogens (tertiary/aromatic N) is 2. The molecule has 170 valence electrons. The number of hydrogen-bond donors (Lipinski definition) is 1. The van der Waals surface area contributed by atoms with Crippen LogP contribution in [0.25, 0.3) is 0 Å². The van der Waals surface area contributed by atoms with Gasteiger partial charge in [0.25, 0.3) is 0 Å². The summed E-state index contributed by atoms with van der Waals surface area (Å²) in [5, 5.41) is 10.1. The second-order valence-corrected chi connectivity index (χ2v) is 10.5. The minimum absolute atomic E-state index is 0.0185. The van der Waals surface area contributed by atoms with Crippen LogP contribution in [0.15, 0.2) is 48.5 Å². The molecule has 2 aliphatic heterocycles. The van der Waals surface area contributed by atoms with Gasteiger partial charge in [-0.05, 0) is 49.2 Å². The Bertz CT molecular complexity index is 1100. The molecule has 7 heteroatoms. The van der Waals surface area contributed by atoms with Crippen molar-refractivity contribution in [3.8, 4) is 17.6 Å². The lowest BCUT2D eigenvalue weighted by molar-refractivity contribution is -0.0553. The molecule has 2 aromatic carbocycles. The molecule has 0 radical (unpaired) electrons. The summed E-state index contributed by atoms with van der Waals surface area (Å²) in [6, 6.07) is 15.9. The van der Waals surface area contributed by atoms with Gasteiger partial charge < -0.3 is 9.84 Å². The third-order valence-electron chi connectivity index (χ3n) is 6.55. The van der Waals surface area contributed by atoms with Gasteiger partial charge in [0, 0.05) is 36.7 Å². The quantitative estimate of drug-likeness (QED) is 0.718. The maximum Gasteiger partial charge on any atom is 0.211 e. The predicted molar refractivity (Wildman–Crippen MR) is 125 cm³/mol. The maximum atomic E-state index is 12.2. The van der Waals surface area contributed by atoms with E-state index in [4.69, 9.17) is 4.74 Å². The number of hydrogen-bond acceptors (Lipinski definition) is 5. The van der Waals surface area contributed by atoms with E-state index in [2.05, 4.69) is 28.9 Å². The molecule has 0 spiro atoms. The van der Waals surface area contributed by atoms with E-state index in [0.29, 0.717) is 13.1 Å². The van der Waals surface area contributed by atoms with Crippen molar-refractivity contribution in [2.24, 2.45) is 0 Å². The summed E-state index contributed by atoms with van der Waals surface area (Å²) in [5.41, 5.74) is 2.85. The van der Waals surface area contributed by atoms with Gasteiger partial charge >= 0.3 is 0 Å². The summed E-state index contributed by atoms with van der Waals surface area (Å²) in [7, 11) is -1.61. The van der Waals surface area contributed by atoms with E-state index in [9.17, 15) is 13.5 Å². The zero-order chi connectivity index (χ0) is 22.7. The van der Waals surface area contributed by atoms with Crippen molar-refractivity contribution in [1.29, 1.82) is 0 Å². The fraction of sp³-hybridized carbons (Fsp3) is 0.440. The van der Waals surface area contributed by atoms with Gasteiger partial charge in [0.05, 0.1) is 25.5 Å². The minimum atomic E-state index is -3.25. The number of fused-ring (bicyclic) bond motifs is 1. The van der Waals surface area contributed by atoms with E-state index in [0.717, 1.165) is 41.8 Å². The van der Waals surface area contributed by atoms with Gasteiger partial charge in [-0.3, -0.25) is 4.90 Å². The largest absolute Gasteiger partial charge is 0.495 e.